The molecule has 0 spiro atoms. The van der Waals surface area contributed by atoms with Crippen molar-refractivity contribution in [2.24, 2.45) is 0 Å². The molecule has 5 heteroatoms. The molecule has 0 aliphatic carbocycles. The highest BCUT2D eigenvalue weighted by atomic mass is 16.5. The Morgan fingerprint density at radius 2 is 0.871 bits per heavy atom. The highest BCUT2D eigenvalue weighted by molar-refractivity contribution is 5.76. The second-order valence-corrected chi connectivity index (χ2v) is 4.26. The van der Waals surface area contributed by atoms with Gasteiger partial charge in [0.15, 0.2) is 5.78 Å². The van der Waals surface area contributed by atoms with Crippen LogP contribution in [-0.2, 0) is 23.9 Å². The number of carbonyl (C=O) groups is 4. The Morgan fingerprint density at radius 1 is 0.581 bits per heavy atom. The third-order valence-electron chi connectivity index (χ3n) is 1.75. The molecule has 0 heterocycles. The van der Waals surface area contributed by atoms with E-state index >= 15 is 0 Å². The van der Waals surface area contributed by atoms with Crippen molar-refractivity contribution in [3.63, 3.8) is 0 Å². The first kappa shape index (κ1) is 99.4. The van der Waals surface area contributed by atoms with Gasteiger partial charge in [-0.2, -0.15) is 0 Å². The van der Waals surface area contributed by atoms with E-state index in [1.807, 2.05) is 27.6 Å². The van der Waals surface area contributed by atoms with Crippen LogP contribution >= 0.6 is 0 Å². The van der Waals surface area contributed by atoms with Crippen molar-refractivity contribution < 1.29 is 23.9 Å². The lowest BCUT2D eigenvalue weighted by molar-refractivity contribution is -0.121. The maximum Gasteiger partial charge on any atom is 0.155 e. The second kappa shape index (κ2) is 102. The molecule has 0 rings (SSSR count). The highest BCUT2D eigenvalue weighted by Crippen LogP contribution is 1.84. The molecule has 0 aliphatic heterocycles. The van der Waals surface area contributed by atoms with E-state index in [4.69, 9.17) is 9.53 Å². The Morgan fingerprint density at radius 3 is 0.968 bits per heavy atom. The lowest BCUT2D eigenvalue weighted by Crippen LogP contribution is -2.03. The Labute approximate surface area is 203 Å². The van der Waals surface area contributed by atoms with Gasteiger partial charge in [-0.25, -0.2) is 0 Å². The predicted molar refractivity (Wildman–Crippen MR) is 153 cm³/mol. The zero-order valence-electron chi connectivity index (χ0n) is 14.5. The molecule has 0 saturated carbocycles. The zero-order chi connectivity index (χ0) is 17.7. The summed E-state index contributed by atoms with van der Waals surface area (Å²) in [6.07, 6.45) is 3.36. The van der Waals surface area contributed by atoms with Gasteiger partial charge in [0.05, 0.1) is 0 Å². The molecule has 0 aromatic carbocycles. The van der Waals surface area contributed by atoms with E-state index in [0.717, 1.165) is 19.3 Å². The predicted octanol–water partition coefficient (Wildman–Crippen LogP) is 9.54. The van der Waals surface area contributed by atoms with Gasteiger partial charge < -0.3 is 19.1 Å². The van der Waals surface area contributed by atoms with Crippen LogP contribution in [0.2, 0.25) is 0 Å². The quantitative estimate of drug-likeness (QED) is 0.350. The summed E-state index contributed by atoms with van der Waals surface area (Å²) in [7, 11) is 0. The maximum absolute atomic E-state index is 10.2. The summed E-state index contributed by atoms with van der Waals surface area (Å²) < 4.78 is 4.89. The molecule has 0 aromatic rings. The van der Waals surface area contributed by atoms with Gasteiger partial charge in [-0.15, -0.1) is 0 Å². The summed E-state index contributed by atoms with van der Waals surface area (Å²) >= 11 is 0. The Bertz CT molecular complexity index is 252. The first-order valence-corrected chi connectivity index (χ1v) is 7.16. The molecular formula is C26H72O5. The number of hydrogen-bond donors (Lipinski definition) is 0. The van der Waals surface area contributed by atoms with Gasteiger partial charge in [0.1, 0.15) is 25.0 Å². The van der Waals surface area contributed by atoms with Crippen LogP contribution in [0.4, 0.5) is 0 Å². The molecular weight excluding hydrogens is 392 g/mol. The summed E-state index contributed by atoms with van der Waals surface area (Å²) in [6, 6.07) is 0. The minimum absolute atomic E-state index is 0. The summed E-state index contributed by atoms with van der Waals surface area (Å²) in [6.45, 7) is 13.6. The van der Waals surface area contributed by atoms with Crippen LogP contribution in [0.25, 0.3) is 0 Å². The van der Waals surface area contributed by atoms with E-state index in [2.05, 4.69) is 0 Å². The molecule has 0 fully saturated rings. The van der Waals surface area contributed by atoms with Crippen molar-refractivity contribution in [1.29, 1.82) is 0 Å². The van der Waals surface area contributed by atoms with Crippen molar-refractivity contribution in [2.75, 3.05) is 13.2 Å². The van der Waals surface area contributed by atoms with Crippen molar-refractivity contribution in [1.82, 2.24) is 0 Å². The fraction of sp³-hybridized carbons (Fsp3) is 0.846. The number of hydrogen-bond acceptors (Lipinski definition) is 5. The fourth-order valence-corrected chi connectivity index (χ4v) is 0.712. The zero-order valence-corrected chi connectivity index (χ0v) is 14.5. The number of Topliss-reactive ketones (excluding diaryl/α,β-unsaturated/α-hetero) is 3. The van der Waals surface area contributed by atoms with Gasteiger partial charge >= 0.3 is 0 Å². The average molecular weight is 465 g/mol. The van der Waals surface area contributed by atoms with Crippen LogP contribution in [0.3, 0.4) is 0 Å². The van der Waals surface area contributed by atoms with E-state index in [0.29, 0.717) is 13.0 Å². The van der Waals surface area contributed by atoms with Crippen molar-refractivity contribution in [2.45, 2.75) is 141 Å². The van der Waals surface area contributed by atoms with Gasteiger partial charge in [0, 0.05) is 19.4 Å². The third kappa shape index (κ3) is 272. The molecule has 0 bridgehead atoms. The van der Waals surface area contributed by atoms with Crippen LogP contribution in [0, 0.1) is 0 Å². The third-order valence-corrected chi connectivity index (χ3v) is 1.75. The Balaban J connectivity index is -0.00000000981. The van der Waals surface area contributed by atoms with E-state index in [-0.39, 0.29) is 98.2 Å². The number of rotatable bonds is 7. The van der Waals surface area contributed by atoms with E-state index in [1.54, 1.807) is 13.8 Å². The maximum atomic E-state index is 10.2. The summed E-state index contributed by atoms with van der Waals surface area (Å²) in [5, 5.41) is 0. The fourth-order valence-electron chi connectivity index (χ4n) is 0.712. The normalized spacial score (nSPS) is 5.35. The van der Waals surface area contributed by atoms with E-state index in [1.165, 1.54) is 6.92 Å². The number of carbonyl (C=O) groups excluding carboxylic acids is 4. The van der Waals surface area contributed by atoms with Gasteiger partial charge in [-0.05, 0) is 33.6 Å². The lowest BCUT2D eigenvalue weighted by atomic mass is 10.3. The molecule has 0 aliphatic rings. The molecule has 206 valence electrons. The number of ether oxygens (including phenoxy) is 1. The molecule has 0 aromatic heterocycles. The molecule has 5 nitrogen and oxygen atoms in total. The molecule has 31 heavy (non-hydrogen) atoms. The van der Waals surface area contributed by atoms with E-state index in [9.17, 15) is 14.4 Å². The summed E-state index contributed by atoms with van der Waals surface area (Å²) in [4.78, 5) is 38.0. The molecule has 0 amide bonds. The highest BCUT2D eigenvalue weighted by Gasteiger charge is 1.88. The molecule has 0 saturated heterocycles. The number of ketones is 3. The molecule has 0 unspecified atom stereocenters. The van der Waals surface area contributed by atoms with Crippen molar-refractivity contribution in [3.05, 3.63) is 0 Å². The SMILES string of the molecule is C.C.C.C.C.C.C.C.C.C.C=O.CCC(C)=O.CCCC(C)=O.CCCOCC(C)=O. The lowest BCUT2D eigenvalue weighted by Gasteiger charge is -1.95. The Kier molecular flexibility index (Phi) is 327. The van der Waals surface area contributed by atoms with Crippen LogP contribution < -0.4 is 0 Å². The smallest absolute Gasteiger partial charge is 0.155 e. The average Bonchev–Trinajstić information content (AvgIpc) is 2.42. The van der Waals surface area contributed by atoms with Crippen LogP contribution in [0.1, 0.15) is 141 Å². The van der Waals surface area contributed by atoms with Crippen molar-refractivity contribution in [3.8, 4) is 0 Å². The largest absolute Gasteiger partial charge is 0.374 e. The molecule has 0 radical (unpaired) electrons. The topological polar surface area (TPSA) is 77.5 Å². The van der Waals surface area contributed by atoms with Gasteiger partial charge in [0.2, 0.25) is 0 Å². The van der Waals surface area contributed by atoms with Crippen LogP contribution in [0.5, 0.6) is 0 Å². The van der Waals surface area contributed by atoms with Gasteiger partial charge in [-0.3, -0.25) is 4.79 Å². The minimum atomic E-state index is 0. The first-order chi connectivity index (χ1) is 9.81. The van der Waals surface area contributed by atoms with Crippen LogP contribution in [-0.4, -0.2) is 37.4 Å². The van der Waals surface area contributed by atoms with Crippen LogP contribution in [0.15, 0.2) is 0 Å². The van der Waals surface area contributed by atoms with Crippen molar-refractivity contribution >= 4 is 24.1 Å². The molecule has 0 N–H and O–H groups in total. The van der Waals surface area contributed by atoms with Gasteiger partial charge in [0.25, 0.3) is 0 Å². The van der Waals surface area contributed by atoms with E-state index < -0.39 is 0 Å². The second-order valence-electron chi connectivity index (χ2n) is 4.26. The monoisotopic (exact) mass is 465 g/mol. The Hall–Kier alpha value is -1.36. The standard InChI is InChI=1S/C6H12O2.C5H10O.C4H8O.CH2O.10CH4/c1-3-4-8-5-6(2)7;1-3-4-5(2)6;1-3-4(2)5;1-2;;;;;;;;;;/h3-5H2,1-2H3;3-4H2,1-2H3;3H2,1-2H3;1H2;10*1H4. The molecule has 0 atom stereocenters. The first-order valence-electron chi connectivity index (χ1n) is 7.16. The summed E-state index contributed by atoms with van der Waals surface area (Å²) in [5.41, 5.74) is 0. The summed E-state index contributed by atoms with van der Waals surface area (Å²) in [5.74, 6) is 0.640. The minimum Gasteiger partial charge on any atom is -0.374 e. The van der Waals surface area contributed by atoms with Gasteiger partial charge in [-0.1, -0.05) is 95.0 Å².